The number of primary amides is 1. The minimum Gasteiger partial charge on any atom is -0.481 e. The zero-order chi connectivity index (χ0) is 15.9. The van der Waals surface area contributed by atoms with E-state index in [0.717, 1.165) is 6.42 Å². The van der Waals surface area contributed by atoms with E-state index in [0.29, 0.717) is 44.5 Å². The quantitative estimate of drug-likeness (QED) is 0.653. The average Bonchev–Trinajstić information content (AvgIpc) is 2.44. The Hall–Kier alpha value is -1.24. The van der Waals surface area contributed by atoms with Crippen molar-refractivity contribution in [2.75, 3.05) is 24.6 Å². The maximum atomic E-state index is 12.0. The number of aliphatic carboxylic acids is 1. The Kier molecular flexibility index (Phi) is 7.01. The fraction of sp³-hybridized carbons (Fsp3) is 0.786. The number of likely N-dealkylation sites (tertiary alicyclic amines) is 1. The highest BCUT2D eigenvalue weighted by molar-refractivity contribution is 7.99. The van der Waals surface area contributed by atoms with Crippen LogP contribution < -0.4 is 5.73 Å². The van der Waals surface area contributed by atoms with Crippen LogP contribution in [0.15, 0.2) is 0 Å². The number of carbonyl (C=O) groups is 3. The zero-order valence-electron chi connectivity index (χ0n) is 12.5. The minimum absolute atomic E-state index is 0.0301. The Balaban J connectivity index is 2.39. The maximum Gasteiger partial charge on any atom is 0.309 e. The number of hydrogen-bond acceptors (Lipinski definition) is 4. The van der Waals surface area contributed by atoms with Crippen molar-refractivity contribution in [1.29, 1.82) is 0 Å². The number of amides is 2. The van der Waals surface area contributed by atoms with Crippen molar-refractivity contribution in [2.45, 2.75) is 39.0 Å². The standard InChI is InChI=1S/C14H24N2O4S/c1-2-4-14(13(19)20)5-7-16(8-6-14)12(18)3-9-21-10-11(15)17/h2-10H2,1H3,(H2,15,17)(H,19,20). The number of carboxylic acid groups (broad SMARTS) is 1. The Morgan fingerprint density at radius 1 is 1.29 bits per heavy atom. The van der Waals surface area contributed by atoms with Crippen LogP contribution >= 0.6 is 11.8 Å². The molecular weight excluding hydrogens is 292 g/mol. The molecule has 1 saturated heterocycles. The first-order valence-corrected chi connectivity index (χ1v) is 8.44. The normalized spacial score (nSPS) is 17.5. The summed E-state index contributed by atoms with van der Waals surface area (Å²) in [7, 11) is 0. The molecule has 120 valence electrons. The van der Waals surface area contributed by atoms with Crippen molar-refractivity contribution in [3.8, 4) is 0 Å². The van der Waals surface area contributed by atoms with Gasteiger partial charge in [-0.25, -0.2) is 0 Å². The van der Waals surface area contributed by atoms with Gasteiger partial charge in [-0.2, -0.15) is 11.8 Å². The number of nitrogens with two attached hydrogens (primary N) is 1. The van der Waals surface area contributed by atoms with Crippen molar-refractivity contribution in [3.05, 3.63) is 0 Å². The Bertz CT molecular complexity index is 392. The molecule has 0 unspecified atom stereocenters. The van der Waals surface area contributed by atoms with Crippen molar-refractivity contribution in [1.82, 2.24) is 4.90 Å². The second-order valence-electron chi connectivity index (χ2n) is 5.49. The molecule has 0 spiro atoms. The van der Waals surface area contributed by atoms with Crippen LogP contribution in [0.4, 0.5) is 0 Å². The number of piperidine rings is 1. The molecule has 21 heavy (non-hydrogen) atoms. The number of carbonyl (C=O) groups excluding carboxylic acids is 2. The Labute approximate surface area is 129 Å². The monoisotopic (exact) mass is 316 g/mol. The first-order chi connectivity index (χ1) is 9.91. The highest BCUT2D eigenvalue weighted by Crippen LogP contribution is 2.36. The summed E-state index contributed by atoms with van der Waals surface area (Å²) in [5.41, 5.74) is 4.37. The summed E-state index contributed by atoms with van der Waals surface area (Å²) in [6.45, 7) is 3.00. The Morgan fingerprint density at radius 3 is 2.38 bits per heavy atom. The predicted octanol–water partition coefficient (Wildman–Crippen LogP) is 1.09. The third kappa shape index (κ3) is 5.22. The smallest absolute Gasteiger partial charge is 0.309 e. The van der Waals surface area contributed by atoms with E-state index in [4.69, 9.17) is 5.73 Å². The number of hydrogen-bond donors (Lipinski definition) is 2. The summed E-state index contributed by atoms with van der Waals surface area (Å²) in [4.78, 5) is 35.8. The van der Waals surface area contributed by atoms with Gasteiger partial charge < -0.3 is 15.7 Å². The molecule has 1 fully saturated rings. The Morgan fingerprint density at radius 2 is 1.90 bits per heavy atom. The van der Waals surface area contributed by atoms with Gasteiger partial charge in [-0.05, 0) is 19.3 Å². The number of rotatable bonds is 8. The summed E-state index contributed by atoms with van der Waals surface area (Å²) in [5.74, 6) is -0.296. The van der Waals surface area contributed by atoms with E-state index in [9.17, 15) is 19.5 Å². The van der Waals surface area contributed by atoms with Gasteiger partial charge in [0.15, 0.2) is 0 Å². The molecule has 7 heteroatoms. The zero-order valence-corrected chi connectivity index (χ0v) is 13.3. The topological polar surface area (TPSA) is 101 Å². The summed E-state index contributed by atoms with van der Waals surface area (Å²) in [6.07, 6.45) is 2.92. The molecule has 6 nitrogen and oxygen atoms in total. The highest BCUT2D eigenvalue weighted by atomic mass is 32.2. The molecule has 1 aliphatic heterocycles. The van der Waals surface area contributed by atoms with Crippen LogP contribution in [-0.4, -0.2) is 52.4 Å². The van der Waals surface area contributed by atoms with E-state index in [1.54, 1.807) is 4.90 Å². The predicted molar refractivity (Wildman–Crippen MR) is 81.9 cm³/mol. The van der Waals surface area contributed by atoms with Crippen LogP contribution in [0.5, 0.6) is 0 Å². The van der Waals surface area contributed by atoms with Gasteiger partial charge in [-0.1, -0.05) is 13.3 Å². The molecular formula is C14H24N2O4S. The number of carboxylic acids is 1. The molecule has 1 heterocycles. The van der Waals surface area contributed by atoms with Crippen LogP contribution in [0.1, 0.15) is 39.0 Å². The molecule has 0 atom stereocenters. The fourth-order valence-electron chi connectivity index (χ4n) is 2.72. The summed E-state index contributed by atoms with van der Waals surface area (Å²) >= 11 is 1.35. The molecule has 1 rings (SSSR count). The SMILES string of the molecule is CCCC1(C(=O)O)CCN(C(=O)CCSCC(N)=O)CC1. The number of thioether (sulfide) groups is 1. The lowest BCUT2D eigenvalue weighted by Crippen LogP contribution is -2.46. The lowest BCUT2D eigenvalue weighted by atomic mass is 9.75. The van der Waals surface area contributed by atoms with Crippen molar-refractivity contribution < 1.29 is 19.5 Å². The fourth-order valence-corrected chi connectivity index (χ4v) is 3.39. The average molecular weight is 316 g/mol. The molecule has 2 amide bonds. The molecule has 0 saturated carbocycles. The lowest BCUT2D eigenvalue weighted by molar-refractivity contribution is -0.155. The van der Waals surface area contributed by atoms with Crippen LogP contribution in [0, 0.1) is 5.41 Å². The van der Waals surface area contributed by atoms with Gasteiger partial charge in [-0.3, -0.25) is 14.4 Å². The van der Waals surface area contributed by atoms with Gasteiger partial charge in [0.1, 0.15) is 0 Å². The number of nitrogens with zero attached hydrogens (tertiary/aromatic N) is 1. The summed E-state index contributed by atoms with van der Waals surface area (Å²) in [5, 5.41) is 9.42. The highest BCUT2D eigenvalue weighted by Gasteiger charge is 2.41. The largest absolute Gasteiger partial charge is 0.481 e. The van der Waals surface area contributed by atoms with Crippen molar-refractivity contribution >= 4 is 29.5 Å². The molecule has 0 bridgehead atoms. The first-order valence-electron chi connectivity index (χ1n) is 7.28. The third-order valence-corrected chi connectivity index (χ3v) is 4.94. The second-order valence-corrected chi connectivity index (χ2v) is 6.59. The molecule has 3 N–H and O–H groups in total. The summed E-state index contributed by atoms with van der Waals surface area (Å²) < 4.78 is 0. The van der Waals surface area contributed by atoms with Gasteiger partial charge in [0.25, 0.3) is 0 Å². The van der Waals surface area contributed by atoms with Gasteiger partial charge in [0.2, 0.25) is 11.8 Å². The third-order valence-electron chi connectivity index (χ3n) is 3.96. The minimum atomic E-state index is -0.742. The molecule has 0 aromatic rings. The van der Waals surface area contributed by atoms with E-state index >= 15 is 0 Å². The van der Waals surface area contributed by atoms with E-state index in [1.807, 2.05) is 6.92 Å². The van der Waals surface area contributed by atoms with E-state index in [1.165, 1.54) is 11.8 Å². The van der Waals surface area contributed by atoms with Crippen LogP contribution in [0.2, 0.25) is 0 Å². The molecule has 0 aromatic carbocycles. The maximum absolute atomic E-state index is 12.0. The van der Waals surface area contributed by atoms with Gasteiger partial charge in [0.05, 0.1) is 11.2 Å². The van der Waals surface area contributed by atoms with Gasteiger partial charge >= 0.3 is 5.97 Å². The first kappa shape index (κ1) is 17.8. The van der Waals surface area contributed by atoms with E-state index in [2.05, 4.69) is 0 Å². The van der Waals surface area contributed by atoms with Crippen molar-refractivity contribution in [3.63, 3.8) is 0 Å². The molecule has 1 aliphatic rings. The van der Waals surface area contributed by atoms with Crippen LogP contribution in [0.25, 0.3) is 0 Å². The summed E-state index contributed by atoms with van der Waals surface area (Å²) in [6, 6.07) is 0. The van der Waals surface area contributed by atoms with E-state index in [-0.39, 0.29) is 17.6 Å². The molecule has 0 radical (unpaired) electrons. The van der Waals surface area contributed by atoms with E-state index < -0.39 is 11.4 Å². The molecule has 0 aromatic heterocycles. The van der Waals surface area contributed by atoms with Gasteiger partial charge in [-0.15, -0.1) is 0 Å². The second kappa shape index (κ2) is 8.26. The molecule has 0 aliphatic carbocycles. The van der Waals surface area contributed by atoms with Crippen LogP contribution in [0.3, 0.4) is 0 Å². The lowest BCUT2D eigenvalue weighted by Gasteiger charge is -2.38. The van der Waals surface area contributed by atoms with Gasteiger partial charge in [0, 0.05) is 25.3 Å². The van der Waals surface area contributed by atoms with Crippen LogP contribution in [-0.2, 0) is 14.4 Å². The van der Waals surface area contributed by atoms with Crippen molar-refractivity contribution in [2.24, 2.45) is 11.1 Å².